The quantitative estimate of drug-likeness (QED) is 0.539. The zero-order valence-electron chi connectivity index (χ0n) is 12.9. The second kappa shape index (κ2) is 7.67. The van der Waals surface area contributed by atoms with Gasteiger partial charge < -0.3 is 4.74 Å². The van der Waals surface area contributed by atoms with Gasteiger partial charge in [-0.25, -0.2) is 4.39 Å². The first-order valence-electron chi connectivity index (χ1n) is 7.17. The third-order valence-corrected chi connectivity index (χ3v) is 3.87. The average Bonchev–Trinajstić information content (AvgIpc) is 2.51. The van der Waals surface area contributed by atoms with Gasteiger partial charge in [-0.3, -0.25) is 0 Å². The topological polar surface area (TPSA) is 9.23 Å². The summed E-state index contributed by atoms with van der Waals surface area (Å²) >= 11 is 12.2. The van der Waals surface area contributed by atoms with Crippen LogP contribution in [0.15, 0.2) is 49.1 Å². The highest BCUT2D eigenvalue weighted by molar-refractivity contribution is 6.36. The Morgan fingerprint density at radius 1 is 1.22 bits per heavy atom. The first-order chi connectivity index (χ1) is 11.0. The highest BCUT2D eigenvalue weighted by Gasteiger charge is 2.19. The van der Waals surface area contributed by atoms with Crippen molar-refractivity contribution in [3.63, 3.8) is 0 Å². The SMILES string of the molecule is C=C[C@@H](C)Oc1c(C=CC)ccc(F)c1-c1ccc(Cl)cc1Cl. The summed E-state index contributed by atoms with van der Waals surface area (Å²) in [6, 6.07) is 8.02. The molecule has 2 rings (SSSR count). The fraction of sp³-hybridized carbons (Fsp3) is 0.158. The van der Waals surface area contributed by atoms with E-state index in [1.165, 1.54) is 6.07 Å². The molecule has 0 radical (unpaired) electrons. The lowest BCUT2D eigenvalue weighted by atomic mass is 10.00. The molecule has 0 aliphatic rings. The molecule has 0 fully saturated rings. The summed E-state index contributed by atoms with van der Waals surface area (Å²) in [7, 11) is 0. The van der Waals surface area contributed by atoms with Gasteiger partial charge in [0.25, 0.3) is 0 Å². The van der Waals surface area contributed by atoms with Crippen molar-refractivity contribution in [2.24, 2.45) is 0 Å². The number of ether oxygens (including phenoxy) is 1. The number of rotatable bonds is 5. The van der Waals surface area contributed by atoms with Crippen LogP contribution in [-0.4, -0.2) is 6.10 Å². The van der Waals surface area contributed by atoms with Crippen LogP contribution in [0.5, 0.6) is 5.75 Å². The molecule has 0 spiro atoms. The van der Waals surface area contributed by atoms with E-state index in [9.17, 15) is 4.39 Å². The van der Waals surface area contributed by atoms with Crippen LogP contribution in [0.2, 0.25) is 10.0 Å². The van der Waals surface area contributed by atoms with Crippen molar-refractivity contribution in [1.82, 2.24) is 0 Å². The van der Waals surface area contributed by atoms with Gasteiger partial charge >= 0.3 is 0 Å². The highest BCUT2D eigenvalue weighted by Crippen LogP contribution is 2.41. The summed E-state index contributed by atoms with van der Waals surface area (Å²) in [5.74, 6) is 0.0217. The second-order valence-corrected chi connectivity index (χ2v) is 5.87. The maximum Gasteiger partial charge on any atom is 0.138 e. The maximum absolute atomic E-state index is 14.6. The Bertz CT molecular complexity index is 753. The van der Waals surface area contributed by atoms with Gasteiger partial charge in [0.2, 0.25) is 0 Å². The molecule has 1 atom stereocenters. The standard InChI is InChI=1S/C19H17Cl2FO/c1-4-6-13-7-10-17(22)18(19(13)23-12(3)5-2)15-9-8-14(20)11-16(15)21/h4-12H,2H2,1,3H3/t12-/m1/s1. The summed E-state index contributed by atoms with van der Waals surface area (Å²) < 4.78 is 20.5. The average molecular weight is 351 g/mol. The van der Waals surface area contributed by atoms with E-state index in [-0.39, 0.29) is 6.10 Å². The van der Waals surface area contributed by atoms with Crippen LogP contribution >= 0.6 is 23.2 Å². The molecule has 0 aliphatic heterocycles. The fourth-order valence-electron chi connectivity index (χ4n) is 2.19. The molecular weight excluding hydrogens is 334 g/mol. The molecule has 0 saturated carbocycles. The molecule has 0 bridgehead atoms. The van der Waals surface area contributed by atoms with Crippen molar-refractivity contribution in [3.8, 4) is 16.9 Å². The monoisotopic (exact) mass is 350 g/mol. The van der Waals surface area contributed by atoms with Crippen LogP contribution in [-0.2, 0) is 0 Å². The van der Waals surface area contributed by atoms with E-state index in [0.717, 1.165) is 5.56 Å². The van der Waals surface area contributed by atoms with Crippen molar-refractivity contribution in [2.75, 3.05) is 0 Å². The van der Waals surface area contributed by atoms with Crippen molar-refractivity contribution in [2.45, 2.75) is 20.0 Å². The minimum Gasteiger partial charge on any atom is -0.485 e. The number of allylic oxidation sites excluding steroid dienone is 1. The van der Waals surface area contributed by atoms with E-state index >= 15 is 0 Å². The van der Waals surface area contributed by atoms with E-state index in [0.29, 0.717) is 26.9 Å². The Morgan fingerprint density at radius 3 is 2.57 bits per heavy atom. The predicted molar refractivity (Wildman–Crippen MR) is 96.9 cm³/mol. The zero-order chi connectivity index (χ0) is 17.0. The van der Waals surface area contributed by atoms with Crippen LogP contribution < -0.4 is 4.74 Å². The van der Waals surface area contributed by atoms with Gasteiger partial charge in [0.1, 0.15) is 17.7 Å². The molecule has 2 aromatic carbocycles. The van der Waals surface area contributed by atoms with E-state index in [4.69, 9.17) is 27.9 Å². The van der Waals surface area contributed by atoms with Crippen LogP contribution in [0.1, 0.15) is 19.4 Å². The van der Waals surface area contributed by atoms with Gasteiger partial charge in [-0.15, -0.1) is 0 Å². The lowest BCUT2D eigenvalue weighted by molar-refractivity contribution is 0.270. The lowest BCUT2D eigenvalue weighted by Crippen LogP contribution is -2.10. The minimum atomic E-state index is -0.409. The lowest BCUT2D eigenvalue weighted by Gasteiger charge is -2.19. The summed E-state index contributed by atoms with van der Waals surface area (Å²) in [6.45, 7) is 7.43. The van der Waals surface area contributed by atoms with Gasteiger partial charge in [0.15, 0.2) is 0 Å². The third kappa shape index (κ3) is 3.95. The van der Waals surface area contributed by atoms with Crippen molar-refractivity contribution in [1.29, 1.82) is 0 Å². The Labute approximate surface area is 146 Å². The number of benzene rings is 2. The van der Waals surface area contributed by atoms with Gasteiger partial charge in [-0.05, 0) is 38.1 Å². The summed E-state index contributed by atoms with van der Waals surface area (Å²) in [6.07, 6.45) is 5.10. The first kappa shape index (κ1) is 17.6. The minimum absolute atomic E-state index is 0.273. The summed E-state index contributed by atoms with van der Waals surface area (Å²) in [5, 5.41) is 0.857. The Balaban J connectivity index is 2.73. The van der Waals surface area contributed by atoms with Gasteiger partial charge in [-0.2, -0.15) is 0 Å². The van der Waals surface area contributed by atoms with Crippen LogP contribution in [0.3, 0.4) is 0 Å². The molecule has 0 aromatic heterocycles. The first-order valence-corrected chi connectivity index (χ1v) is 7.93. The molecule has 0 saturated heterocycles. The van der Waals surface area contributed by atoms with E-state index < -0.39 is 5.82 Å². The molecule has 120 valence electrons. The van der Waals surface area contributed by atoms with Gasteiger partial charge in [0, 0.05) is 16.1 Å². The molecule has 0 N–H and O–H groups in total. The Kier molecular flexibility index (Phi) is 5.86. The van der Waals surface area contributed by atoms with Crippen LogP contribution in [0.25, 0.3) is 17.2 Å². The van der Waals surface area contributed by atoms with Crippen LogP contribution in [0.4, 0.5) is 4.39 Å². The molecule has 0 heterocycles. The third-order valence-electron chi connectivity index (χ3n) is 3.32. The predicted octanol–water partition coefficient (Wildman–Crippen LogP) is 6.79. The summed E-state index contributed by atoms with van der Waals surface area (Å²) in [4.78, 5) is 0. The number of halogens is 3. The van der Waals surface area contributed by atoms with Gasteiger partial charge in [0.05, 0.1) is 10.6 Å². The largest absolute Gasteiger partial charge is 0.485 e. The molecule has 4 heteroatoms. The maximum atomic E-state index is 14.6. The van der Waals surface area contributed by atoms with E-state index in [1.807, 2.05) is 26.0 Å². The number of hydrogen-bond donors (Lipinski definition) is 0. The molecule has 0 unspecified atom stereocenters. The smallest absolute Gasteiger partial charge is 0.138 e. The Hall–Kier alpha value is -1.77. The molecule has 1 nitrogen and oxygen atoms in total. The summed E-state index contributed by atoms with van der Waals surface area (Å²) in [5.41, 5.74) is 1.62. The van der Waals surface area contributed by atoms with Gasteiger partial charge in [-0.1, -0.05) is 54.1 Å². The molecule has 0 amide bonds. The molecule has 2 aromatic rings. The van der Waals surface area contributed by atoms with Crippen molar-refractivity contribution < 1.29 is 9.13 Å². The fourth-order valence-corrected chi connectivity index (χ4v) is 2.69. The van der Waals surface area contributed by atoms with E-state index in [2.05, 4.69) is 6.58 Å². The molecule has 23 heavy (non-hydrogen) atoms. The van der Waals surface area contributed by atoms with E-state index in [1.54, 1.807) is 30.3 Å². The second-order valence-electron chi connectivity index (χ2n) is 5.02. The highest BCUT2D eigenvalue weighted by atomic mass is 35.5. The molecule has 0 aliphatic carbocycles. The Morgan fingerprint density at radius 2 is 1.96 bits per heavy atom. The normalized spacial score (nSPS) is 12.4. The number of hydrogen-bond acceptors (Lipinski definition) is 1. The van der Waals surface area contributed by atoms with Crippen LogP contribution in [0, 0.1) is 5.82 Å². The molecular formula is C19H17Cl2FO. The van der Waals surface area contributed by atoms with Crippen molar-refractivity contribution >= 4 is 29.3 Å². The van der Waals surface area contributed by atoms with Crippen molar-refractivity contribution in [3.05, 3.63) is 70.5 Å². The zero-order valence-corrected chi connectivity index (χ0v) is 14.5.